The van der Waals surface area contributed by atoms with Crippen LogP contribution in [0.1, 0.15) is 26.2 Å². The zero-order valence-electron chi connectivity index (χ0n) is 11.5. The minimum absolute atomic E-state index is 0.0425. The number of nitrogens with one attached hydrogen (secondary N) is 2. The van der Waals surface area contributed by atoms with E-state index >= 15 is 0 Å². The lowest BCUT2D eigenvalue weighted by Gasteiger charge is -2.35. The van der Waals surface area contributed by atoms with Gasteiger partial charge in [0, 0.05) is 25.9 Å². The Balaban J connectivity index is 2.14. The van der Waals surface area contributed by atoms with Crippen molar-refractivity contribution in [3.63, 3.8) is 0 Å². The Morgan fingerprint density at radius 1 is 1.53 bits per heavy atom. The van der Waals surface area contributed by atoms with Crippen LogP contribution in [-0.4, -0.2) is 23.6 Å². The van der Waals surface area contributed by atoms with Gasteiger partial charge in [0.1, 0.15) is 0 Å². The van der Waals surface area contributed by atoms with Crippen molar-refractivity contribution in [1.82, 2.24) is 9.88 Å². The van der Waals surface area contributed by atoms with Crippen LogP contribution in [0.2, 0.25) is 0 Å². The van der Waals surface area contributed by atoms with Gasteiger partial charge in [0.2, 0.25) is 11.5 Å². The van der Waals surface area contributed by atoms with Crippen LogP contribution in [-0.2, 0) is 11.8 Å². The lowest BCUT2D eigenvalue weighted by molar-refractivity contribution is -0.126. The minimum Gasteiger partial charge on any atom is -0.324 e. The number of anilines is 1. The molecule has 0 aliphatic carbocycles. The number of carbonyl (C=O) groups is 1. The van der Waals surface area contributed by atoms with Crippen molar-refractivity contribution in [2.75, 3.05) is 18.4 Å². The van der Waals surface area contributed by atoms with E-state index in [0.29, 0.717) is 5.69 Å². The summed E-state index contributed by atoms with van der Waals surface area (Å²) in [5.74, 6) is 0.0425. The van der Waals surface area contributed by atoms with Gasteiger partial charge in [-0.25, -0.2) is 0 Å². The first-order valence-electron chi connectivity index (χ1n) is 6.76. The maximum absolute atomic E-state index is 12.5. The predicted octanol–water partition coefficient (Wildman–Crippen LogP) is 1.10. The van der Waals surface area contributed by atoms with Gasteiger partial charge in [0.15, 0.2) is 0 Å². The van der Waals surface area contributed by atoms with Gasteiger partial charge >= 0.3 is 0 Å². The molecule has 1 aromatic rings. The largest absolute Gasteiger partial charge is 0.324 e. The van der Waals surface area contributed by atoms with E-state index in [4.69, 9.17) is 0 Å². The van der Waals surface area contributed by atoms with Crippen molar-refractivity contribution >= 4 is 11.6 Å². The number of amides is 1. The highest BCUT2D eigenvalue weighted by Gasteiger charge is 2.37. The van der Waals surface area contributed by atoms with E-state index in [1.165, 1.54) is 10.6 Å². The summed E-state index contributed by atoms with van der Waals surface area (Å²) >= 11 is 0. The summed E-state index contributed by atoms with van der Waals surface area (Å²) in [6, 6.07) is 3.12. The molecule has 5 heteroatoms. The number of pyridine rings is 1. The molecule has 1 unspecified atom stereocenters. The highest BCUT2D eigenvalue weighted by molar-refractivity contribution is 5.95. The van der Waals surface area contributed by atoms with Crippen molar-refractivity contribution < 1.29 is 4.79 Å². The maximum Gasteiger partial charge on any atom is 0.250 e. The lowest BCUT2D eigenvalue weighted by atomic mass is 9.77. The minimum atomic E-state index is -0.326. The van der Waals surface area contributed by atoms with E-state index in [9.17, 15) is 9.59 Å². The smallest absolute Gasteiger partial charge is 0.250 e. The highest BCUT2D eigenvalue weighted by Crippen LogP contribution is 2.31. The van der Waals surface area contributed by atoms with Crippen molar-refractivity contribution in [2.24, 2.45) is 12.5 Å². The number of aryl methyl sites for hydroxylation is 1. The maximum atomic E-state index is 12.5. The molecular weight excluding hydrogens is 242 g/mol. The fourth-order valence-corrected chi connectivity index (χ4v) is 2.56. The number of carbonyl (C=O) groups excluding carboxylic acids is 1. The highest BCUT2D eigenvalue weighted by atomic mass is 16.2. The number of hydrogen-bond acceptors (Lipinski definition) is 3. The fraction of sp³-hybridized carbons (Fsp3) is 0.571. The molecule has 0 saturated carbocycles. The van der Waals surface area contributed by atoms with E-state index in [0.717, 1.165) is 32.4 Å². The van der Waals surface area contributed by atoms with Crippen molar-refractivity contribution in [3.8, 4) is 0 Å². The van der Waals surface area contributed by atoms with E-state index < -0.39 is 0 Å². The Morgan fingerprint density at radius 3 is 2.89 bits per heavy atom. The predicted molar refractivity (Wildman–Crippen MR) is 75.1 cm³/mol. The van der Waals surface area contributed by atoms with Gasteiger partial charge in [-0.05, 0) is 31.9 Å². The number of hydrogen-bond donors (Lipinski definition) is 2. The second-order valence-corrected chi connectivity index (χ2v) is 5.24. The Kier molecular flexibility index (Phi) is 4.04. The van der Waals surface area contributed by atoms with Gasteiger partial charge in [-0.2, -0.15) is 0 Å². The summed E-state index contributed by atoms with van der Waals surface area (Å²) in [6.07, 6.45) is 4.40. The standard InChI is InChI=1S/C14H21N3O2/c1-3-14(7-4-8-15-10-14)13(19)16-11-5-6-12(18)17(2)9-11/h5-6,9,15H,3-4,7-8,10H2,1-2H3,(H,16,19). The molecule has 0 spiro atoms. The van der Waals surface area contributed by atoms with Crippen LogP contribution in [0.5, 0.6) is 0 Å². The van der Waals surface area contributed by atoms with Crippen molar-refractivity contribution in [1.29, 1.82) is 0 Å². The first kappa shape index (κ1) is 13.8. The monoisotopic (exact) mass is 263 g/mol. The van der Waals surface area contributed by atoms with Crippen molar-refractivity contribution in [2.45, 2.75) is 26.2 Å². The molecule has 0 aromatic carbocycles. The molecule has 1 saturated heterocycles. The van der Waals surface area contributed by atoms with Crippen molar-refractivity contribution in [3.05, 3.63) is 28.7 Å². The van der Waals surface area contributed by atoms with Crippen LogP contribution in [0.3, 0.4) is 0 Å². The van der Waals surface area contributed by atoms with E-state index in [1.54, 1.807) is 19.3 Å². The number of nitrogens with zero attached hydrogens (tertiary/aromatic N) is 1. The SMILES string of the molecule is CCC1(C(=O)Nc2ccc(=O)n(C)c2)CCCNC1. The van der Waals surface area contributed by atoms with Gasteiger partial charge in [-0.3, -0.25) is 9.59 Å². The second-order valence-electron chi connectivity index (χ2n) is 5.24. The molecule has 2 heterocycles. The lowest BCUT2D eigenvalue weighted by Crippen LogP contribution is -2.47. The molecule has 1 aliphatic heterocycles. The van der Waals surface area contributed by atoms with Crippen LogP contribution in [0.15, 0.2) is 23.1 Å². The molecule has 19 heavy (non-hydrogen) atoms. The summed E-state index contributed by atoms with van der Waals surface area (Å²) < 4.78 is 1.47. The first-order valence-corrected chi connectivity index (χ1v) is 6.76. The van der Waals surface area contributed by atoms with Crippen LogP contribution in [0.25, 0.3) is 0 Å². The van der Waals surface area contributed by atoms with Crippen LogP contribution in [0.4, 0.5) is 5.69 Å². The van der Waals surface area contributed by atoms with E-state index in [-0.39, 0.29) is 16.9 Å². The van der Waals surface area contributed by atoms with Gasteiger partial charge < -0.3 is 15.2 Å². The molecule has 1 fully saturated rings. The molecule has 1 aliphatic rings. The summed E-state index contributed by atoms with van der Waals surface area (Å²) in [6.45, 7) is 3.75. The topological polar surface area (TPSA) is 63.1 Å². The molecule has 2 rings (SSSR count). The van der Waals surface area contributed by atoms with E-state index in [1.807, 2.05) is 6.92 Å². The van der Waals surface area contributed by atoms with Gasteiger partial charge in [-0.1, -0.05) is 6.92 Å². The third kappa shape index (κ3) is 2.87. The Hall–Kier alpha value is -1.62. The fourth-order valence-electron chi connectivity index (χ4n) is 2.56. The summed E-state index contributed by atoms with van der Waals surface area (Å²) in [5, 5.41) is 6.23. The number of piperidine rings is 1. The Labute approximate surface area is 113 Å². The van der Waals surface area contributed by atoms with Crippen LogP contribution < -0.4 is 16.2 Å². The first-order chi connectivity index (χ1) is 9.07. The average molecular weight is 263 g/mol. The molecule has 2 N–H and O–H groups in total. The Bertz CT molecular complexity index is 516. The van der Waals surface area contributed by atoms with Crippen LogP contribution in [0, 0.1) is 5.41 Å². The second kappa shape index (κ2) is 5.57. The zero-order chi connectivity index (χ0) is 13.9. The van der Waals surface area contributed by atoms with E-state index in [2.05, 4.69) is 10.6 Å². The normalized spacial score (nSPS) is 23.1. The number of aromatic nitrogens is 1. The summed E-state index contributed by atoms with van der Waals surface area (Å²) in [5.41, 5.74) is 0.264. The van der Waals surface area contributed by atoms with Crippen LogP contribution >= 0.6 is 0 Å². The summed E-state index contributed by atoms with van der Waals surface area (Å²) in [7, 11) is 1.68. The van der Waals surface area contributed by atoms with Gasteiger partial charge in [0.05, 0.1) is 11.1 Å². The molecule has 0 radical (unpaired) electrons. The average Bonchev–Trinajstić information content (AvgIpc) is 2.43. The molecule has 104 valence electrons. The molecular formula is C14H21N3O2. The molecule has 1 amide bonds. The summed E-state index contributed by atoms with van der Waals surface area (Å²) in [4.78, 5) is 23.8. The quantitative estimate of drug-likeness (QED) is 0.858. The van der Waals surface area contributed by atoms with Gasteiger partial charge in [-0.15, -0.1) is 0 Å². The van der Waals surface area contributed by atoms with Gasteiger partial charge in [0.25, 0.3) is 0 Å². The Morgan fingerprint density at radius 2 is 2.32 bits per heavy atom. The third-order valence-corrected chi connectivity index (χ3v) is 3.97. The molecule has 1 atom stereocenters. The number of rotatable bonds is 3. The molecule has 0 bridgehead atoms. The zero-order valence-corrected chi connectivity index (χ0v) is 11.5. The molecule has 5 nitrogen and oxygen atoms in total. The third-order valence-electron chi connectivity index (χ3n) is 3.97. The molecule has 1 aromatic heterocycles.